The third kappa shape index (κ3) is 2.53. The number of allylic oxidation sites excluding steroid dienone is 1. The second-order valence-electron chi connectivity index (χ2n) is 4.58. The second kappa shape index (κ2) is 5.67. The summed E-state index contributed by atoms with van der Waals surface area (Å²) in [6.45, 7) is 4.12. The predicted octanol–water partition coefficient (Wildman–Crippen LogP) is 4.04. The van der Waals surface area contributed by atoms with E-state index >= 15 is 0 Å². The van der Waals surface area contributed by atoms with Gasteiger partial charge in [0.15, 0.2) is 5.43 Å². The number of aromatic amines is 1. The molecule has 1 N–H and O–H groups in total. The zero-order chi connectivity index (χ0) is 13.0. The lowest BCUT2D eigenvalue weighted by atomic mass is 10.1. The number of benzene rings is 1. The van der Waals surface area contributed by atoms with Crippen LogP contribution in [0.25, 0.3) is 17.0 Å². The second-order valence-corrected chi connectivity index (χ2v) is 4.58. The van der Waals surface area contributed by atoms with E-state index in [1.807, 2.05) is 37.3 Å². The van der Waals surface area contributed by atoms with E-state index in [9.17, 15) is 4.79 Å². The van der Waals surface area contributed by atoms with Gasteiger partial charge in [0.05, 0.1) is 0 Å². The topological polar surface area (TPSA) is 32.9 Å². The average molecular weight is 241 g/mol. The van der Waals surface area contributed by atoms with Crippen molar-refractivity contribution in [1.82, 2.24) is 4.98 Å². The van der Waals surface area contributed by atoms with Gasteiger partial charge in [-0.2, -0.15) is 0 Å². The summed E-state index contributed by atoms with van der Waals surface area (Å²) < 4.78 is 0. The molecule has 0 atom stereocenters. The van der Waals surface area contributed by atoms with Gasteiger partial charge in [0.25, 0.3) is 0 Å². The molecule has 0 amide bonds. The van der Waals surface area contributed by atoms with Gasteiger partial charge < -0.3 is 4.98 Å². The van der Waals surface area contributed by atoms with Crippen LogP contribution in [0.5, 0.6) is 0 Å². The van der Waals surface area contributed by atoms with Crippen LogP contribution in [0.15, 0.2) is 35.1 Å². The molecule has 0 aliphatic heterocycles. The van der Waals surface area contributed by atoms with Gasteiger partial charge in [-0.25, -0.2) is 0 Å². The minimum Gasteiger partial charge on any atom is -0.358 e. The van der Waals surface area contributed by atoms with E-state index in [0.29, 0.717) is 0 Å². The summed E-state index contributed by atoms with van der Waals surface area (Å²) in [7, 11) is 0. The maximum absolute atomic E-state index is 12.3. The molecule has 0 radical (unpaired) electrons. The number of H-pyrrole nitrogens is 1. The summed E-state index contributed by atoms with van der Waals surface area (Å²) in [5.74, 6) is 0. The number of aryl methyl sites for hydroxylation is 1. The van der Waals surface area contributed by atoms with Crippen LogP contribution in [-0.4, -0.2) is 4.98 Å². The van der Waals surface area contributed by atoms with Crippen LogP contribution in [0.2, 0.25) is 0 Å². The molecule has 2 rings (SSSR count). The van der Waals surface area contributed by atoms with E-state index in [1.165, 1.54) is 12.8 Å². The highest BCUT2D eigenvalue weighted by Gasteiger charge is 2.05. The van der Waals surface area contributed by atoms with Crippen LogP contribution in [0.1, 0.15) is 37.4 Å². The summed E-state index contributed by atoms with van der Waals surface area (Å²) >= 11 is 0. The Kier molecular flexibility index (Phi) is 3.98. The summed E-state index contributed by atoms with van der Waals surface area (Å²) in [6, 6.07) is 7.65. The Morgan fingerprint density at radius 1 is 1.28 bits per heavy atom. The number of aromatic nitrogens is 1. The molecule has 0 saturated heterocycles. The zero-order valence-corrected chi connectivity index (χ0v) is 11.0. The largest absolute Gasteiger partial charge is 0.358 e. The Morgan fingerprint density at radius 2 is 2.06 bits per heavy atom. The lowest BCUT2D eigenvalue weighted by Gasteiger charge is -2.04. The Bertz CT molecular complexity index is 623. The lowest BCUT2D eigenvalue weighted by Crippen LogP contribution is -2.09. The van der Waals surface area contributed by atoms with Crippen molar-refractivity contribution in [2.24, 2.45) is 0 Å². The number of unbranched alkanes of at least 4 members (excludes halogenated alkanes) is 2. The van der Waals surface area contributed by atoms with E-state index < -0.39 is 0 Å². The molecule has 0 unspecified atom stereocenters. The number of hydrogen-bond donors (Lipinski definition) is 1. The lowest BCUT2D eigenvalue weighted by molar-refractivity contribution is 0.816. The monoisotopic (exact) mass is 241 g/mol. The average Bonchev–Trinajstić information content (AvgIpc) is 2.38. The highest BCUT2D eigenvalue weighted by molar-refractivity contribution is 5.81. The molecule has 2 heteroatoms. The molecule has 0 bridgehead atoms. The fourth-order valence-corrected chi connectivity index (χ4v) is 2.10. The van der Waals surface area contributed by atoms with Gasteiger partial charge >= 0.3 is 0 Å². The predicted molar refractivity (Wildman–Crippen MR) is 77.9 cm³/mol. The van der Waals surface area contributed by atoms with Crippen LogP contribution in [0, 0.1) is 6.92 Å². The van der Waals surface area contributed by atoms with Crippen LogP contribution in [0.4, 0.5) is 0 Å². The van der Waals surface area contributed by atoms with Crippen LogP contribution >= 0.6 is 0 Å². The molecule has 94 valence electrons. The van der Waals surface area contributed by atoms with Gasteiger partial charge in [0.1, 0.15) is 0 Å². The molecule has 2 nitrogen and oxygen atoms in total. The fourth-order valence-electron chi connectivity index (χ4n) is 2.10. The van der Waals surface area contributed by atoms with Gasteiger partial charge in [-0.15, -0.1) is 0 Å². The molecule has 2 aromatic rings. The highest BCUT2D eigenvalue weighted by Crippen LogP contribution is 2.12. The maximum atomic E-state index is 12.3. The Hall–Kier alpha value is -1.83. The van der Waals surface area contributed by atoms with E-state index in [-0.39, 0.29) is 5.43 Å². The summed E-state index contributed by atoms with van der Waals surface area (Å²) in [4.78, 5) is 15.6. The summed E-state index contributed by atoms with van der Waals surface area (Å²) in [5, 5.41) is 0.762. The molecule has 0 saturated carbocycles. The molecular formula is C16H19NO. The molecule has 1 aromatic heterocycles. The van der Waals surface area contributed by atoms with Crippen molar-refractivity contribution in [3.63, 3.8) is 0 Å². The van der Waals surface area contributed by atoms with Gasteiger partial charge in [-0.1, -0.05) is 44.1 Å². The van der Waals surface area contributed by atoms with Gasteiger partial charge in [-0.3, -0.25) is 4.79 Å². The van der Waals surface area contributed by atoms with E-state index in [0.717, 1.165) is 28.6 Å². The molecule has 0 fully saturated rings. The molecule has 1 heterocycles. The van der Waals surface area contributed by atoms with Crippen molar-refractivity contribution in [2.45, 2.75) is 33.1 Å². The van der Waals surface area contributed by atoms with Crippen LogP contribution < -0.4 is 5.43 Å². The van der Waals surface area contributed by atoms with Crippen molar-refractivity contribution in [1.29, 1.82) is 0 Å². The first-order valence-electron chi connectivity index (χ1n) is 6.52. The molecule has 0 aliphatic carbocycles. The summed E-state index contributed by atoms with van der Waals surface area (Å²) in [6.07, 6.45) is 7.42. The highest BCUT2D eigenvalue weighted by atomic mass is 16.1. The first kappa shape index (κ1) is 12.6. The Labute approximate surface area is 107 Å². The first-order valence-corrected chi connectivity index (χ1v) is 6.52. The quantitative estimate of drug-likeness (QED) is 0.805. The molecule has 0 spiro atoms. The van der Waals surface area contributed by atoms with E-state index in [1.54, 1.807) is 0 Å². The minimum atomic E-state index is 0.120. The standard InChI is InChI=1S/C16H19NO/c1-3-4-5-6-9-13-12(2)17-15-11-8-7-10-14(15)16(13)18/h6-11H,3-5H2,1-2H3,(H,17,18). The minimum absolute atomic E-state index is 0.120. The van der Waals surface area contributed by atoms with Crippen molar-refractivity contribution in [3.05, 3.63) is 51.8 Å². The van der Waals surface area contributed by atoms with Crippen LogP contribution in [-0.2, 0) is 0 Å². The number of para-hydroxylation sites is 1. The number of fused-ring (bicyclic) bond motifs is 1. The number of nitrogens with one attached hydrogen (secondary N) is 1. The molecule has 0 aliphatic rings. The third-order valence-corrected chi connectivity index (χ3v) is 3.15. The molecule has 1 aromatic carbocycles. The molecule has 18 heavy (non-hydrogen) atoms. The van der Waals surface area contributed by atoms with Gasteiger partial charge in [0, 0.05) is 22.2 Å². The summed E-state index contributed by atoms with van der Waals surface area (Å²) in [5.41, 5.74) is 2.75. The number of hydrogen-bond acceptors (Lipinski definition) is 1. The van der Waals surface area contributed by atoms with E-state index in [2.05, 4.69) is 18.0 Å². The smallest absolute Gasteiger partial charge is 0.196 e. The normalized spacial score (nSPS) is 11.4. The number of pyridine rings is 1. The maximum Gasteiger partial charge on any atom is 0.196 e. The number of rotatable bonds is 4. The first-order chi connectivity index (χ1) is 8.74. The van der Waals surface area contributed by atoms with Gasteiger partial charge in [0.2, 0.25) is 0 Å². The Balaban J connectivity index is 2.45. The SMILES string of the molecule is CCCCC=Cc1c(C)[nH]c2ccccc2c1=O. The molecular weight excluding hydrogens is 222 g/mol. The van der Waals surface area contributed by atoms with E-state index in [4.69, 9.17) is 0 Å². The van der Waals surface area contributed by atoms with Crippen molar-refractivity contribution in [3.8, 4) is 0 Å². The fraction of sp³-hybridized carbons (Fsp3) is 0.312. The third-order valence-electron chi connectivity index (χ3n) is 3.15. The van der Waals surface area contributed by atoms with Crippen LogP contribution in [0.3, 0.4) is 0 Å². The van der Waals surface area contributed by atoms with Crippen molar-refractivity contribution >= 4 is 17.0 Å². The van der Waals surface area contributed by atoms with Crippen molar-refractivity contribution < 1.29 is 0 Å². The van der Waals surface area contributed by atoms with Crippen molar-refractivity contribution in [2.75, 3.05) is 0 Å². The zero-order valence-electron chi connectivity index (χ0n) is 11.0. The van der Waals surface area contributed by atoms with Gasteiger partial charge in [-0.05, 0) is 25.5 Å². The Morgan fingerprint density at radius 3 is 2.83 bits per heavy atom.